The van der Waals surface area contributed by atoms with Gasteiger partial charge in [-0.25, -0.2) is 4.79 Å². The van der Waals surface area contributed by atoms with Gasteiger partial charge in [-0.1, -0.05) is 13.8 Å². The molecular weight excluding hydrogens is 156 g/mol. The third-order valence-corrected chi connectivity index (χ3v) is 1.36. The van der Waals surface area contributed by atoms with Gasteiger partial charge >= 0.3 is 5.97 Å². The Bertz CT molecular complexity index is 121. The van der Waals surface area contributed by atoms with Gasteiger partial charge in [0.1, 0.15) is 6.61 Å². The minimum Gasteiger partial charge on any atom is -0.464 e. The summed E-state index contributed by atoms with van der Waals surface area (Å²) in [6, 6.07) is 0. The van der Waals surface area contributed by atoms with E-state index in [2.05, 4.69) is 18.6 Å². The number of esters is 1. The summed E-state index contributed by atoms with van der Waals surface area (Å²) in [6.07, 6.45) is 0.986. The van der Waals surface area contributed by atoms with E-state index in [0.717, 1.165) is 6.42 Å². The maximum Gasteiger partial charge on any atom is 0.332 e. The molecule has 0 bridgehead atoms. The van der Waals surface area contributed by atoms with Crippen LogP contribution in [-0.4, -0.2) is 25.8 Å². The van der Waals surface area contributed by atoms with E-state index in [1.165, 1.54) is 0 Å². The number of rotatable bonds is 6. The largest absolute Gasteiger partial charge is 0.464 e. The summed E-state index contributed by atoms with van der Waals surface area (Å²) in [5, 5.41) is 0. The quantitative estimate of drug-likeness (QED) is 0.453. The predicted octanol–water partition coefficient (Wildman–Crippen LogP) is 1.61. The molecule has 3 nitrogen and oxygen atoms in total. The first-order valence-corrected chi connectivity index (χ1v) is 4.40. The number of ether oxygens (including phenoxy) is 2. The zero-order chi connectivity index (χ0) is 9.40. The van der Waals surface area contributed by atoms with Crippen LogP contribution in [0.5, 0.6) is 0 Å². The molecule has 0 N–H and O–H groups in total. The van der Waals surface area contributed by atoms with Gasteiger partial charge in [0.15, 0.2) is 0 Å². The summed E-state index contributed by atoms with van der Waals surface area (Å²) in [7, 11) is 0. The van der Waals surface area contributed by atoms with Crippen LogP contribution in [0.15, 0.2) is 0 Å². The van der Waals surface area contributed by atoms with Crippen molar-refractivity contribution in [3.05, 3.63) is 0 Å². The summed E-state index contributed by atoms with van der Waals surface area (Å²) >= 11 is 0. The first-order chi connectivity index (χ1) is 5.66. The van der Waals surface area contributed by atoms with Crippen LogP contribution in [-0.2, 0) is 14.3 Å². The van der Waals surface area contributed by atoms with Gasteiger partial charge in [-0.05, 0) is 19.3 Å². The summed E-state index contributed by atoms with van der Waals surface area (Å²) in [5.41, 5.74) is 0. The van der Waals surface area contributed by atoms with E-state index in [0.29, 0.717) is 19.1 Å². The average molecular weight is 174 g/mol. The Morgan fingerprint density at radius 1 is 1.42 bits per heavy atom. The van der Waals surface area contributed by atoms with Gasteiger partial charge in [-0.3, -0.25) is 0 Å². The molecule has 0 aromatic carbocycles. The Labute approximate surface area is 74.0 Å². The predicted molar refractivity (Wildman–Crippen MR) is 46.9 cm³/mol. The molecule has 0 aliphatic heterocycles. The summed E-state index contributed by atoms with van der Waals surface area (Å²) in [5.74, 6) is 0.341. The Hall–Kier alpha value is -0.570. The minimum atomic E-state index is -0.277. The lowest BCUT2D eigenvalue weighted by Crippen LogP contribution is -2.13. The summed E-state index contributed by atoms with van der Waals surface area (Å²) < 4.78 is 9.77. The fraction of sp³-hybridized carbons (Fsp3) is 0.889. The van der Waals surface area contributed by atoms with Gasteiger partial charge in [0.05, 0.1) is 6.61 Å². The molecule has 12 heavy (non-hydrogen) atoms. The van der Waals surface area contributed by atoms with Gasteiger partial charge in [0.25, 0.3) is 0 Å². The Morgan fingerprint density at radius 2 is 2.08 bits per heavy atom. The summed E-state index contributed by atoms with van der Waals surface area (Å²) in [4.78, 5) is 10.7. The molecule has 0 atom stereocenters. The molecule has 0 radical (unpaired) electrons. The highest BCUT2D eigenvalue weighted by molar-refractivity contribution is 5.70. The Balaban J connectivity index is 3.14. The number of hydrogen-bond donors (Lipinski definition) is 0. The molecule has 0 heterocycles. The van der Waals surface area contributed by atoms with Gasteiger partial charge in [-0.15, -0.1) is 0 Å². The molecule has 0 aromatic rings. The normalized spacial score (nSPS) is 10.3. The van der Waals surface area contributed by atoms with Crippen LogP contribution in [0.2, 0.25) is 0 Å². The molecule has 0 spiro atoms. The van der Waals surface area contributed by atoms with Crippen LogP contribution in [0.4, 0.5) is 0 Å². The van der Waals surface area contributed by atoms with Crippen molar-refractivity contribution < 1.29 is 14.3 Å². The van der Waals surface area contributed by atoms with Crippen molar-refractivity contribution in [2.45, 2.75) is 27.2 Å². The standard InChI is InChI=1S/C9H18O3/c1-4-12-9(10)7-11-6-5-8(2)3/h8H,4-7H2,1-3H3. The molecule has 0 aliphatic rings. The SMILES string of the molecule is CCOC(=O)COCCC(C)C. The second-order valence-corrected chi connectivity index (χ2v) is 3.04. The minimum absolute atomic E-state index is 0.0839. The number of carbonyl (C=O) groups excluding carboxylic acids is 1. The molecule has 0 aromatic heterocycles. The zero-order valence-electron chi connectivity index (χ0n) is 8.13. The first kappa shape index (κ1) is 11.4. The van der Waals surface area contributed by atoms with Gasteiger partial charge in [0.2, 0.25) is 0 Å². The van der Waals surface area contributed by atoms with Crippen molar-refractivity contribution in [3.8, 4) is 0 Å². The van der Waals surface area contributed by atoms with E-state index in [4.69, 9.17) is 4.74 Å². The second-order valence-electron chi connectivity index (χ2n) is 3.04. The first-order valence-electron chi connectivity index (χ1n) is 4.40. The molecular formula is C9H18O3. The van der Waals surface area contributed by atoms with Gasteiger partial charge in [0, 0.05) is 6.61 Å². The fourth-order valence-electron chi connectivity index (χ4n) is 0.677. The molecule has 0 saturated carbocycles. The van der Waals surface area contributed by atoms with Crippen LogP contribution >= 0.6 is 0 Å². The molecule has 3 heteroatoms. The van der Waals surface area contributed by atoms with E-state index < -0.39 is 0 Å². The molecule has 0 amide bonds. The zero-order valence-corrected chi connectivity index (χ0v) is 8.13. The summed E-state index contributed by atoms with van der Waals surface area (Å²) in [6.45, 7) is 7.16. The maximum atomic E-state index is 10.7. The lowest BCUT2D eigenvalue weighted by Gasteiger charge is -2.05. The molecule has 0 aliphatic carbocycles. The smallest absolute Gasteiger partial charge is 0.332 e. The van der Waals surface area contributed by atoms with Crippen LogP contribution < -0.4 is 0 Å². The van der Waals surface area contributed by atoms with Crippen molar-refractivity contribution in [3.63, 3.8) is 0 Å². The lowest BCUT2D eigenvalue weighted by molar-refractivity contribution is -0.148. The molecule has 72 valence electrons. The van der Waals surface area contributed by atoms with E-state index in [1.807, 2.05) is 0 Å². The Kier molecular flexibility index (Phi) is 6.76. The fourth-order valence-corrected chi connectivity index (χ4v) is 0.677. The third-order valence-electron chi connectivity index (χ3n) is 1.36. The van der Waals surface area contributed by atoms with E-state index in [-0.39, 0.29) is 12.6 Å². The van der Waals surface area contributed by atoms with Crippen LogP contribution in [0.3, 0.4) is 0 Å². The second kappa shape index (κ2) is 7.10. The monoisotopic (exact) mass is 174 g/mol. The highest BCUT2D eigenvalue weighted by Gasteiger charge is 2.01. The third kappa shape index (κ3) is 7.54. The van der Waals surface area contributed by atoms with Crippen molar-refractivity contribution in [2.75, 3.05) is 19.8 Å². The van der Waals surface area contributed by atoms with Crippen molar-refractivity contribution >= 4 is 5.97 Å². The van der Waals surface area contributed by atoms with Crippen LogP contribution in [0.25, 0.3) is 0 Å². The van der Waals surface area contributed by atoms with Crippen LogP contribution in [0, 0.1) is 5.92 Å². The topological polar surface area (TPSA) is 35.5 Å². The van der Waals surface area contributed by atoms with Crippen LogP contribution in [0.1, 0.15) is 27.2 Å². The van der Waals surface area contributed by atoms with Crippen molar-refractivity contribution in [1.82, 2.24) is 0 Å². The van der Waals surface area contributed by atoms with Crippen molar-refractivity contribution in [2.24, 2.45) is 5.92 Å². The molecule has 0 saturated heterocycles. The maximum absolute atomic E-state index is 10.7. The van der Waals surface area contributed by atoms with Gasteiger partial charge in [-0.2, -0.15) is 0 Å². The number of hydrogen-bond acceptors (Lipinski definition) is 3. The van der Waals surface area contributed by atoms with Gasteiger partial charge < -0.3 is 9.47 Å². The van der Waals surface area contributed by atoms with E-state index >= 15 is 0 Å². The van der Waals surface area contributed by atoms with E-state index in [1.54, 1.807) is 6.92 Å². The molecule has 0 fully saturated rings. The molecule has 0 rings (SSSR count). The molecule has 0 unspecified atom stereocenters. The average Bonchev–Trinajstić information content (AvgIpc) is 1.98. The van der Waals surface area contributed by atoms with E-state index in [9.17, 15) is 4.79 Å². The lowest BCUT2D eigenvalue weighted by atomic mass is 10.1. The Morgan fingerprint density at radius 3 is 2.58 bits per heavy atom. The highest BCUT2D eigenvalue weighted by atomic mass is 16.6. The highest BCUT2D eigenvalue weighted by Crippen LogP contribution is 1.98. The van der Waals surface area contributed by atoms with Crippen molar-refractivity contribution in [1.29, 1.82) is 0 Å². The number of carbonyl (C=O) groups is 1.